The zero-order valence-corrected chi connectivity index (χ0v) is 11.5. The van der Waals surface area contributed by atoms with Gasteiger partial charge in [0.1, 0.15) is 17.0 Å². The van der Waals surface area contributed by atoms with Gasteiger partial charge in [-0.05, 0) is 39.8 Å². The molecule has 2 heterocycles. The van der Waals surface area contributed by atoms with E-state index in [4.69, 9.17) is 9.26 Å². The van der Waals surface area contributed by atoms with Crippen LogP contribution in [0.1, 0.15) is 34.4 Å². The smallest absolute Gasteiger partial charge is 0.344 e. The molecular formula is C14H16N2O3. The lowest BCUT2D eigenvalue weighted by Crippen LogP contribution is -2.06. The van der Waals surface area contributed by atoms with Gasteiger partial charge in [0.25, 0.3) is 0 Å². The molecule has 2 rings (SSSR count). The Bertz CT molecular complexity index is 597. The van der Waals surface area contributed by atoms with E-state index in [1.165, 1.54) is 0 Å². The van der Waals surface area contributed by atoms with E-state index in [-0.39, 0.29) is 0 Å². The zero-order valence-electron chi connectivity index (χ0n) is 11.5. The fraction of sp³-hybridized carbons (Fsp3) is 0.357. The van der Waals surface area contributed by atoms with E-state index in [2.05, 4.69) is 10.1 Å². The number of carbonyl (C=O) groups is 1. The summed E-state index contributed by atoms with van der Waals surface area (Å²) in [5.41, 5.74) is 3.43. The van der Waals surface area contributed by atoms with E-state index in [0.29, 0.717) is 23.6 Å². The van der Waals surface area contributed by atoms with Crippen LogP contribution in [-0.2, 0) is 4.74 Å². The van der Waals surface area contributed by atoms with Crippen LogP contribution in [0.25, 0.3) is 11.3 Å². The lowest BCUT2D eigenvalue weighted by Gasteiger charge is -2.04. The van der Waals surface area contributed by atoms with Crippen molar-refractivity contribution in [2.45, 2.75) is 27.7 Å². The van der Waals surface area contributed by atoms with Crippen molar-refractivity contribution < 1.29 is 14.1 Å². The van der Waals surface area contributed by atoms with E-state index in [1.54, 1.807) is 13.8 Å². The maximum absolute atomic E-state index is 12.0. The molecule has 0 saturated heterocycles. The summed E-state index contributed by atoms with van der Waals surface area (Å²) in [5, 5.41) is 3.97. The van der Waals surface area contributed by atoms with Crippen LogP contribution < -0.4 is 0 Å². The van der Waals surface area contributed by atoms with Crippen molar-refractivity contribution in [2.75, 3.05) is 6.61 Å². The second-order valence-corrected chi connectivity index (χ2v) is 4.32. The van der Waals surface area contributed by atoms with Gasteiger partial charge in [0, 0.05) is 17.0 Å². The molecule has 0 unspecified atom stereocenters. The highest BCUT2D eigenvalue weighted by Gasteiger charge is 2.23. The molecule has 0 bridgehead atoms. The molecule has 0 fully saturated rings. The fourth-order valence-electron chi connectivity index (χ4n) is 1.98. The van der Waals surface area contributed by atoms with Crippen LogP contribution in [0.3, 0.4) is 0 Å². The highest BCUT2D eigenvalue weighted by molar-refractivity contribution is 5.97. The van der Waals surface area contributed by atoms with E-state index in [0.717, 1.165) is 17.0 Å². The number of hydrogen-bond donors (Lipinski definition) is 0. The second-order valence-electron chi connectivity index (χ2n) is 4.32. The number of rotatable bonds is 3. The molecule has 5 heteroatoms. The van der Waals surface area contributed by atoms with Gasteiger partial charge in [0.15, 0.2) is 0 Å². The first kappa shape index (κ1) is 13.3. The Balaban J connectivity index is 2.53. The van der Waals surface area contributed by atoms with Gasteiger partial charge in [-0.15, -0.1) is 0 Å². The van der Waals surface area contributed by atoms with Crippen LogP contribution in [0.4, 0.5) is 0 Å². The van der Waals surface area contributed by atoms with Gasteiger partial charge < -0.3 is 9.26 Å². The molecule has 5 nitrogen and oxygen atoms in total. The minimum Gasteiger partial charge on any atom is -0.462 e. The van der Waals surface area contributed by atoms with Crippen LogP contribution in [0, 0.1) is 20.8 Å². The lowest BCUT2D eigenvalue weighted by atomic mass is 10.1. The van der Waals surface area contributed by atoms with Crippen molar-refractivity contribution in [2.24, 2.45) is 0 Å². The van der Waals surface area contributed by atoms with Gasteiger partial charge in [-0.2, -0.15) is 0 Å². The van der Waals surface area contributed by atoms with Crippen LogP contribution >= 0.6 is 0 Å². The summed E-state index contributed by atoms with van der Waals surface area (Å²) in [6.45, 7) is 7.57. The average Bonchev–Trinajstić information content (AvgIpc) is 2.70. The summed E-state index contributed by atoms with van der Waals surface area (Å²) in [4.78, 5) is 16.3. The minimum atomic E-state index is -0.414. The second kappa shape index (κ2) is 5.22. The Hall–Kier alpha value is -2.17. The van der Waals surface area contributed by atoms with Crippen molar-refractivity contribution in [1.29, 1.82) is 0 Å². The molecule has 100 valence electrons. The number of aromatic nitrogens is 2. The molecule has 0 aromatic carbocycles. The highest BCUT2D eigenvalue weighted by atomic mass is 16.5. The molecule has 0 saturated carbocycles. The Morgan fingerprint density at radius 2 is 1.89 bits per heavy atom. The summed E-state index contributed by atoms with van der Waals surface area (Å²) >= 11 is 0. The molecule has 0 atom stereocenters. The monoisotopic (exact) mass is 260 g/mol. The number of pyridine rings is 1. The lowest BCUT2D eigenvalue weighted by molar-refractivity contribution is 0.0525. The summed E-state index contributed by atoms with van der Waals surface area (Å²) in [5.74, 6) is 0.0453. The minimum absolute atomic E-state index is 0.317. The SMILES string of the molecule is CCOC(=O)c1c(-c2cc(C)nc(C)c2)noc1C. The fourth-order valence-corrected chi connectivity index (χ4v) is 1.98. The summed E-state index contributed by atoms with van der Waals surface area (Å²) in [6.07, 6.45) is 0. The van der Waals surface area contributed by atoms with Crippen molar-refractivity contribution >= 4 is 5.97 Å². The maximum Gasteiger partial charge on any atom is 0.344 e. The molecule has 19 heavy (non-hydrogen) atoms. The number of hydrogen-bond acceptors (Lipinski definition) is 5. The van der Waals surface area contributed by atoms with Gasteiger partial charge in [0.2, 0.25) is 0 Å². The third kappa shape index (κ3) is 2.65. The Kier molecular flexibility index (Phi) is 3.64. The average molecular weight is 260 g/mol. The van der Waals surface area contributed by atoms with Gasteiger partial charge in [-0.3, -0.25) is 4.98 Å². The van der Waals surface area contributed by atoms with Crippen LogP contribution in [0.15, 0.2) is 16.7 Å². The summed E-state index contributed by atoms with van der Waals surface area (Å²) in [7, 11) is 0. The predicted molar refractivity (Wildman–Crippen MR) is 69.9 cm³/mol. The van der Waals surface area contributed by atoms with Gasteiger partial charge in [-0.25, -0.2) is 4.79 Å². The number of aryl methyl sites for hydroxylation is 3. The van der Waals surface area contributed by atoms with E-state index < -0.39 is 5.97 Å². The molecule has 0 spiro atoms. The van der Waals surface area contributed by atoms with Gasteiger partial charge in [-0.1, -0.05) is 5.16 Å². The third-order valence-electron chi connectivity index (χ3n) is 2.70. The molecular weight excluding hydrogens is 244 g/mol. The molecule has 0 radical (unpaired) electrons. The molecule has 0 amide bonds. The summed E-state index contributed by atoms with van der Waals surface area (Å²) in [6, 6.07) is 3.74. The predicted octanol–water partition coefficient (Wildman–Crippen LogP) is 2.84. The van der Waals surface area contributed by atoms with Crippen LogP contribution in [-0.4, -0.2) is 22.7 Å². The van der Waals surface area contributed by atoms with Gasteiger partial charge in [0.05, 0.1) is 6.61 Å². The van der Waals surface area contributed by atoms with E-state index in [9.17, 15) is 4.79 Å². The van der Waals surface area contributed by atoms with Gasteiger partial charge >= 0.3 is 5.97 Å². The normalized spacial score (nSPS) is 10.5. The van der Waals surface area contributed by atoms with Crippen molar-refractivity contribution in [1.82, 2.24) is 10.1 Å². The Morgan fingerprint density at radius 1 is 1.26 bits per heavy atom. The van der Waals surface area contributed by atoms with Crippen molar-refractivity contribution in [3.05, 3.63) is 34.8 Å². The van der Waals surface area contributed by atoms with Crippen molar-refractivity contribution in [3.63, 3.8) is 0 Å². The number of ether oxygens (including phenoxy) is 1. The largest absolute Gasteiger partial charge is 0.462 e. The van der Waals surface area contributed by atoms with Crippen LogP contribution in [0.2, 0.25) is 0 Å². The first-order chi connectivity index (χ1) is 9.02. The third-order valence-corrected chi connectivity index (χ3v) is 2.70. The Morgan fingerprint density at radius 3 is 2.47 bits per heavy atom. The van der Waals surface area contributed by atoms with Crippen molar-refractivity contribution in [3.8, 4) is 11.3 Å². The topological polar surface area (TPSA) is 65.2 Å². The Labute approximate surface area is 111 Å². The molecule has 0 N–H and O–H groups in total. The number of carbonyl (C=O) groups excluding carboxylic acids is 1. The van der Waals surface area contributed by atoms with E-state index in [1.807, 2.05) is 26.0 Å². The number of esters is 1. The number of nitrogens with zero attached hydrogens (tertiary/aromatic N) is 2. The summed E-state index contributed by atoms with van der Waals surface area (Å²) < 4.78 is 10.2. The molecule has 2 aromatic heterocycles. The highest BCUT2D eigenvalue weighted by Crippen LogP contribution is 2.26. The van der Waals surface area contributed by atoms with E-state index >= 15 is 0 Å². The molecule has 0 aliphatic heterocycles. The van der Waals surface area contributed by atoms with Crippen LogP contribution in [0.5, 0.6) is 0 Å². The quantitative estimate of drug-likeness (QED) is 0.794. The molecule has 2 aromatic rings. The first-order valence-electron chi connectivity index (χ1n) is 6.12. The molecule has 0 aliphatic carbocycles. The maximum atomic E-state index is 12.0. The standard InChI is InChI=1S/C14H16N2O3/c1-5-18-14(17)12-10(4)19-16-13(12)11-6-8(2)15-9(3)7-11/h6-7H,5H2,1-4H3. The first-order valence-corrected chi connectivity index (χ1v) is 6.12. The zero-order chi connectivity index (χ0) is 14.0. The molecule has 0 aliphatic rings.